The van der Waals surface area contributed by atoms with E-state index in [1.807, 2.05) is 18.2 Å². The third-order valence-corrected chi connectivity index (χ3v) is 2.21. The molecule has 0 aliphatic carbocycles. The van der Waals surface area contributed by atoms with Gasteiger partial charge in [0.25, 0.3) is 5.56 Å². The van der Waals surface area contributed by atoms with Crippen LogP contribution in [-0.4, -0.2) is 9.55 Å². The van der Waals surface area contributed by atoms with Crippen molar-refractivity contribution < 1.29 is 0 Å². The monoisotopic (exact) mass is 211 g/mol. The molecule has 0 aromatic carbocycles. The fourth-order valence-corrected chi connectivity index (χ4v) is 1.41. The first-order chi connectivity index (χ1) is 7.79. The second kappa shape index (κ2) is 4.41. The molecule has 0 N–H and O–H groups in total. The van der Waals surface area contributed by atoms with E-state index in [4.69, 9.17) is 5.26 Å². The van der Waals surface area contributed by atoms with E-state index in [1.165, 1.54) is 16.7 Å². The molecule has 4 nitrogen and oxygen atoms in total. The summed E-state index contributed by atoms with van der Waals surface area (Å²) in [5.41, 5.74) is 1.34. The Kier molecular flexibility index (Phi) is 2.79. The fourth-order valence-electron chi connectivity index (χ4n) is 1.41. The number of hydrogen-bond acceptors (Lipinski definition) is 3. The topological polar surface area (TPSA) is 58.7 Å². The molecule has 2 aromatic heterocycles. The van der Waals surface area contributed by atoms with E-state index in [2.05, 4.69) is 4.98 Å². The standard InChI is InChI=1S/C12H9N3O/c13-7-11-1-2-12(16)15(9-11)8-10-3-5-14-6-4-10/h1-6,9H,8H2. The zero-order valence-electron chi connectivity index (χ0n) is 8.50. The van der Waals surface area contributed by atoms with Crippen LogP contribution < -0.4 is 5.56 Å². The maximum atomic E-state index is 11.5. The number of hydrogen-bond donors (Lipinski definition) is 0. The zero-order chi connectivity index (χ0) is 11.4. The summed E-state index contributed by atoms with van der Waals surface area (Å²) in [6.07, 6.45) is 4.91. The molecule has 0 aliphatic heterocycles. The van der Waals surface area contributed by atoms with E-state index in [-0.39, 0.29) is 5.56 Å². The van der Waals surface area contributed by atoms with E-state index >= 15 is 0 Å². The van der Waals surface area contributed by atoms with Gasteiger partial charge in [0, 0.05) is 24.7 Å². The summed E-state index contributed by atoms with van der Waals surface area (Å²) in [5.74, 6) is 0. The maximum absolute atomic E-state index is 11.5. The summed E-state index contributed by atoms with van der Waals surface area (Å²) < 4.78 is 1.51. The van der Waals surface area contributed by atoms with Crippen LogP contribution in [-0.2, 0) is 6.54 Å². The first-order valence-corrected chi connectivity index (χ1v) is 4.79. The van der Waals surface area contributed by atoms with Crippen molar-refractivity contribution >= 4 is 0 Å². The largest absolute Gasteiger partial charge is 0.310 e. The Morgan fingerprint density at radius 2 is 2.00 bits per heavy atom. The van der Waals surface area contributed by atoms with E-state index in [9.17, 15) is 4.79 Å². The van der Waals surface area contributed by atoms with Crippen LogP contribution in [0.4, 0.5) is 0 Å². The van der Waals surface area contributed by atoms with Crippen molar-refractivity contribution in [3.63, 3.8) is 0 Å². The van der Waals surface area contributed by atoms with Crippen molar-refractivity contribution in [3.8, 4) is 6.07 Å². The lowest BCUT2D eigenvalue weighted by Gasteiger charge is -2.05. The highest BCUT2D eigenvalue weighted by Gasteiger charge is 1.99. The van der Waals surface area contributed by atoms with Gasteiger partial charge in [0.15, 0.2) is 0 Å². The molecule has 0 saturated heterocycles. The van der Waals surface area contributed by atoms with Crippen molar-refractivity contribution in [1.82, 2.24) is 9.55 Å². The number of aromatic nitrogens is 2. The first-order valence-electron chi connectivity index (χ1n) is 4.79. The highest BCUT2D eigenvalue weighted by Crippen LogP contribution is 2.00. The average molecular weight is 211 g/mol. The van der Waals surface area contributed by atoms with Crippen molar-refractivity contribution in [2.24, 2.45) is 0 Å². The van der Waals surface area contributed by atoms with Crippen molar-refractivity contribution in [1.29, 1.82) is 5.26 Å². The Morgan fingerprint density at radius 3 is 2.69 bits per heavy atom. The van der Waals surface area contributed by atoms with Gasteiger partial charge >= 0.3 is 0 Å². The smallest absolute Gasteiger partial charge is 0.250 e. The maximum Gasteiger partial charge on any atom is 0.250 e. The second-order valence-electron chi connectivity index (χ2n) is 3.35. The lowest BCUT2D eigenvalue weighted by Crippen LogP contribution is -2.19. The summed E-state index contributed by atoms with van der Waals surface area (Å²) in [5, 5.41) is 8.74. The Morgan fingerprint density at radius 1 is 1.25 bits per heavy atom. The minimum Gasteiger partial charge on any atom is -0.310 e. The lowest BCUT2D eigenvalue weighted by atomic mass is 10.2. The van der Waals surface area contributed by atoms with Crippen LogP contribution in [0, 0.1) is 11.3 Å². The molecule has 2 rings (SSSR count). The molecule has 78 valence electrons. The minimum absolute atomic E-state index is 0.115. The molecule has 4 heteroatoms. The Balaban J connectivity index is 2.35. The molecule has 0 saturated carbocycles. The molecule has 0 spiro atoms. The van der Waals surface area contributed by atoms with E-state index in [1.54, 1.807) is 18.6 Å². The van der Waals surface area contributed by atoms with Gasteiger partial charge in [0.05, 0.1) is 12.1 Å². The highest BCUT2D eigenvalue weighted by atomic mass is 16.1. The molecule has 0 unspecified atom stereocenters. The van der Waals surface area contributed by atoms with Crippen LogP contribution in [0.5, 0.6) is 0 Å². The molecule has 0 radical (unpaired) electrons. The SMILES string of the molecule is N#Cc1ccc(=O)n(Cc2ccncc2)c1. The van der Waals surface area contributed by atoms with Crippen molar-refractivity contribution in [2.45, 2.75) is 6.54 Å². The molecule has 0 fully saturated rings. The van der Waals surface area contributed by atoms with Gasteiger partial charge in [0.1, 0.15) is 6.07 Å². The van der Waals surface area contributed by atoms with E-state index < -0.39 is 0 Å². The summed E-state index contributed by atoms with van der Waals surface area (Å²) in [6, 6.07) is 8.61. The lowest BCUT2D eigenvalue weighted by molar-refractivity contribution is 0.756. The van der Waals surface area contributed by atoms with Crippen LogP contribution in [0.3, 0.4) is 0 Å². The first kappa shape index (κ1) is 10.1. The van der Waals surface area contributed by atoms with E-state index in [0.717, 1.165) is 5.56 Å². The molecular formula is C12H9N3O. The Bertz CT molecular complexity index is 581. The van der Waals surface area contributed by atoms with Crippen molar-refractivity contribution in [2.75, 3.05) is 0 Å². The number of nitriles is 1. The van der Waals surface area contributed by atoms with Crippen molar-refractivity contribution in [3.05, 3.63) is 64.3 Å². The molecule has 2 heterocycles. The normalized spacial score (nSPS) is 9.69. The number of pyridine rings is 2. The molecular weight excluding hydrogens is 202 g/mol. The van der Waals surface area contributed by atoms with Gasteiger partial charge in [-0.2, -0.15) is 5.26 Å². The third kappa shape index (κ3) is 2.15. The summed E-state index contributed by atoms with van der Waals surface area (Å²) in [6.45, 7) is 0.455. The number of rotatable bonds is 2. The quantitative estimate of drug-likeness (QED) is 0.749. The van der Waals surface area contributed by atoms with Gasteiger partial charge in [-0.1, -0.05) is 0 Å². The minimum atomic E-state index is -0.115. The number of nitrogens with zero attached hydrogens (tertiary/aromatic N) is 3. The van der Waals surface area contributed by atoms with Gasteiger partial charge in [-0.05, 0) is 23.8 Å². The Hall–Kier alpha value is -2.41. The summed E-state index contributed by atoms with van der Waals surface area (Å²) in [4.78, 5) is 15.4. The molecule has 0 atom stereocenters. The Labute approximate surface area is 92.4 Å². The fraction of sp³-hybridized carbons (Fsp3) is 0.0833. The average Bonchev–Trinajstić information content (AvgIpc) is 2.33. The van der Waals surface area contributed by atoms with Crippen LogP contribution >= 0.6 is 0 Å². The molecule has 0 bridgehead atoms. The van der Waals surface area contributed by atoms with Gasteiger partial charge < -0.3 is 4.57 Å². The van der Waals surface area contributed by atoms with Crippen LogP contribution in [0.1, 0.15) is 11.1 Å². The second-order valence-corrected chi connectivity index (χ2v) is 3.35. The summed E-state index contributed by atoms with van der Waals surface area (Å²) >= 11 is 0. The molecule has 0 amide bonds. The van der Waals surface area contributed by atoms with Gasteiger partial charge in [-0.25, -0.2) is 0 Å². The predicted molar refractivity (Wildman–Crippen MR) is 58.8 cm³/mol. The third-order valence-electron chi connectivity index (χ3n) is 2.21. The van der Waals surface area contributed by atoms with Crippen LogP contribution in [0.2, 0.25) is 0 Å². The summed E-state index contributed by atoms with van der Waals surface area (Å²) in [7, 11) is 0. The van der Waals surface area contributed by atoms with E-state index in [0.29, 0.717) is 12.1 Å². The predicted octanol–water partition coefficient (Wildman–Crippen LogP) is 1.16. The molecule has 16 heavy (non-hydrogen) atoms. The van der Waals surface area contributed by atoms with Crippen LogP contribution in [0.15, 0.2) is 47.7 Å². The van der Waals surface area contributed by atoms with Gasteiger partial charge in [-0.15, -0.1) is 0 Å². The molecule has 0 aliphatic rings. The van der Waals surface area contributed by atoms with Gasteiger partial charge in [0.2, 0.25) is 0 Å². The highest BCUT2D eigenvalue weighted by molar-refractivity contribution is 5.25. The molecule has 2 aromatic rings. The van der Waals surface area contributed by atoms with Crippen LogP contribution in [0.25, 0.3) is 0 Å². The van der Waals surface area contributed by atoms with Gasteiger partial charge in [-0.3, -0.25) is 9.78 Å². The zero-order valence-corrected chi connectivity index (χ0v) is 8.50.